The van der Waals surface area contributed by atoms with Gasteiger partial charge in [0.05, 0.1) is 11.3 Å². The molecule has 0 bridgehead atoms. The highest BCUT2D eigenvalue weighted by molar-refractivity contribution is 5.76. The van der Waals surface area contributed by atoms with Crippen molar-refractivity contribution >= 4 is 17.5 Å². The molecular formula is C19H23F3N6O2. The molecule has 1 saturated heterocycles. The number of aromatic amines is 1. The first kappa shape index (κ1) is 21.6. The number of aryl methyl sites for hydroxylation is 1. The van der Waals surface area contributed by atoms with Gasteiger partial charge in [-0.3, -0.25) is 9.59 Å². The molecule has 0 aliphatic carbocycles. The average molecular weight is 424 g/mol. The Morgan fingerprint density at radius 2 is 1.87 bits per heavy atom. The van der Waals surface area contributed by atoms with E-state index in [4.69, 9.17) is 0 Å². The lowest BCUT2D eigenvalue weighted by molar-refractivity contribution is -0.138. The van der Waals surface area contributed by atoms with E-state index in [-0.39, 0.29) is 17.4 Å². The molecule has 2 N–H and O–H groups in total. The summed E-state index contributed by atoms with van der Waals surface area (Å²) in [5, 5.41) is 3.17. The summed E-state index contributed by atoms with van der Waals surface area (Å²) in [4.78, 5) is 37.5. The summed E-state index contributed by atoms with van der Waals surface area (Å²) < 4.78 is 37.8. The number of anilines is 2. The van der Waals surface area contributed by atoms with Crippen molar-refractivity contribution in [3.05, 3.63) is 46.1 Å². The summed E-state index contributed by atoms with van der Waals surface area (Å²) in [5.41, 5.74) is 0.401. The quantitative estimate of drug-likeness (QED) is 0.690. The third-order valence-electron chi connectivity index (χ3n) is 4.87. The number of halogens is 3. The van der Waals surface area contributed by atoms with Gasteiger partial charge in [0.2, 0.25) is 11.9 Å². The summed E-state index contributed by atoms with van der Waals surface area (Å²) in [6, 6.07) is 1.75. The largest absolute Gasteiger partial charge is 0.419 e. The molecule has 0 unspecified atom stereocenters. The van der Waals surface area contributed by atoms with Crippen molar-refractivity contribution in [3.8, 4) is 0 Å². The van der Waals surface area contributed by atoms with Crippen LogP contribution in [0.1, 0.15) is 24.0 Å². The van der Waals surface area contributed by atoms with Crippen LogP contribution in [0, 0.1) is 6.92 Å². The maximum atomic E-state index is 12.6. The molecule has 1 aliphatic rings. The number of rotatable bonds is 6. The second kappa shape index (κ2) is 9.14. The maximum absolute atomic E-state index is 12.6. The predicted octanol–water partition coefficient (Wildman–Crippen LogP) is 2.03. The number of H-pyrrole nitrogens is 1. The van der Waals surface area contributed by atoms with Crippen LogP contribution in [0.25, 0.3) is 0 Å². The van der Waals surface area contributed by atoms with Gasteiger partial charge < -0.3 is 20.1 Å². The molecule has 0 aromatic carbocycles. The minimum Gasteiger partial charge on any atom is -0.384 e. The molecule has 8 nitrogen and oxygen atoms in total. The summed E-state index contributed by atoms with van der Waals surface area (Å²) in [5.74, 6) is 0.262. The predicted molar refractivity (Wildman–Crippen MR) is 105 cm³/mol. The number of amides is 1. The normalized spacial score (nSPS) is 14.7. The van der Waals surface area contributed by atoms with Crippen LogP contribution >= 0.6 is 0 Å². The Kier molecular flexibility index (Phi) is 6.58. The van der Waals surface area contributed by atoms with Crippen molar-refractivity contribution in [1.82, 2.24) is 19.9 Å². The van der Waals surface area contributed by atoms with Crippen LogP contribution in [0.15, 0.2) is 29.5 Å². The van der Waals surface area contributed by atoms with Crippen LogP contribution < -0.4 is 15.8 Å². The van der Waals surface area contributed by atoms with Crippen LogP contribution in [0.2, 0.25) is 0 Å². The van der Waals surface area contributed by atoms with Gasteiger partial charge in [-0.05, 0) is 19.4 Å². The maximum Gasteiger partial charge on any atom is 0.419 e. The molecule has 3 rings (SSSR count). The highest BCUT2D eigenvalue weighted by atomic mass is 19.4. The van der Waals surface area contributed by atoms with Gasteiger partial charge in [-0.1, -0.05) is 0 Å². The smallest absolute Gasteiger partial charge is 0.384 e. The summed E-state index contributed by atoms with van der Waals surface area (Å²) in [6.45, 7) is 4.18. The Morgan fingerprint density at radius 1 is 1.20 bits per heavy atom. The molecule has 0 radical (unpaired) electrons. The first-order chi connectivity index (χ1) is 14.2. The van der Waals surface area contributed by atoms with Crippen molar-refractivity contribution in [1.29, 1.82) is 0 Å². The zero-order valence-electron chi connectivity index (χ0n) is 16.5. The fourth-order valence-corrected chi connectivity index (χ4v) is 3.12. The van der Waals surface area contributed by atoms with Gasteiger partial charge in [0.15, 0.2) is 0 Å². The molecular weight excluding hydrogens is 401 g/mol. The van der Waals surface area contributed by atoms with Crippen LogP contribution in [0.5, 0.6) is 0 Å². The fourth-order valence-electron chi connectivity index (χ4n) is 3.12. The Morgan fingerprint density at radius 3 is 2.47 bits per heavy atom. The van der Waals surface area contributed by atoms with Crippen molar-refractivity contribution < 1.29 is 18.0 Å². The monoisotopic (exact) mass is 424 g/mol. The molecule has 2 aromatic rings. The minimum absolute atomic E-state index is 0.0300. The Bertz CT molecular complexity index is 921. The van der Waals surface area contributed by atoms with Crippen molar-refractivity contribution in [2.24, 2.45) is 0 Å². The van der Waals surface area contributed by atoms with E-state index in [1.807, 2.05) is 0 Å². The van der Waals surface area contributed by atoms with E-state index in [0.717, 1.165) is 18.1 Å². The molecule has 1 fully saturated rings. The highest BCUT2D eigenvalue weighted by Gasteiger charge is 2.32. The molecule has 11 heteroatoms. The van der Waals surface area contributed by atoms with E-state index < -0.39 is 11.7 Å². The first-order valence-corrected chi connectivity index (χ1v) is 9.59. The third-order valence-corrected chi connectivity index (χ3v) is 4.87. The lowest BCUT2D eigenvalue weighted by Gasteiger charge is -2.34. The molecule has 162 valence electrons. The van der Waals surface area contributed by atoms with Crippen LogP contribution in [-0.4, -0.2) is 58.5 Å². The molecule has 1 amide bonds. The van der Waals surface area contributed by atoms with E-state index in [2.05, 4.69) is 20.3 Å². The number of hydrogen-bond donors (Lipinski definition) is 2. The van der Waals surface area contributed by atoms with E-state index in [1.54, 1.807) is 29.0 Å². The van der Waals surface area contributed by atoms with Gasteiger partial charge in [0.1, 0.15) is 0 Å². The SMILES string of the molecule is Cc1cc(NCCCC(=O)N2CCN(c3ncc(C(F)(F)F)cn3)CC2)c[nH]c1=O. The lowest BCUT2D eigenvalue weighted by atomic mass is 10.2. The van der Waals surface area contributed by atoms with Crippen LogP contribution in [0.4, 0.5) is 24.8 Å². The number of nitrogens with zero attached hydrogens (tertiary/aromatic N) is 4. The lowest BCUT2D eigenvalue weighted by Crippen LogP contribution is -2.49. The standard InChI is InChI=1S/C19H23F3N6O2/c1-13-9-15(12-24-17(13)30)23-4-2-3-16(29)27-5-7-28(8-6-27)18-25-10-14(11-26-18)19(20,21)22/h9-12,23H,2-8H2,1H3,(H,24,30). The molecule has 3 heterocycles. The topological polar surface area (TPSA) is 94.2 Å². The van der Waals surface area contributed by atoms with Gasteiger partial charge >= 0.3 is 6.18 Å². The van der Waals surface area contributed by atoms with Gasteiger partial charge in [-0.2, -0.15) is 13.2 Å². The van der Waals surface area contributed by atoms with Gasteiger partial charge in [-0.25, -0.2) is 9.97 Å². The first-order valence-electron chi connectivity index (χ1n) is 9.59. The number of aromatic nitrogens is 3. The molecule has 2 aromatic heterocycles. The summed E-state index contributed by atoms with van der Waals surface area (Å²) >= 11 is 0. The van der Waals surface area contributed by atoms with Crippen molar-refractivity contribution in [2.75, 3.05) is 42.9 Å². The molecule has 1 aliphatic heterocycles. The molecule has 0 atom stereocenters. The van der Waals surface area contributed by atoms with Gasteiger partial charge in [-0.15, -0.1) is 0 Å². The van der Waals surface area contributed by atoms with E-state index in [0.29, 0.717) is 51.1 Å². The fraction of sp³-hybridized carbons (Fsp3) is 0.474. The summed E-state index contributed by atoms with van der Waals surface area (Å²) in [7, 11) is 0. The highest BCUT2D eigenvalue weighted by Crippen LogP contribution is 2.28. The second-order valence-corrected chi connectivity index (χ2v) is 7.07. The number of carbonyl (C=O) groups excluding carboxylic acids is 1. The Balaban J connectivity index is 1.40. The average Bonchev–Trinajstić information content (AvgIpc) is 2.73. The summed E-state index contributed by atoms with van der Waals surface area (Å²) in [6.07, 6.45) is -0.298. The number of nitrogens with one attached hydrogen (secondary N) is 2. The van der Waals surface area contributed by atoms with E-state index in [9.17, 15) is 22.8 Å². The van der Waals surface area contributed by atoms with Crippen molar-refractivity contribution in [2.45, 2.75) is 25.9 Å². The Labute approximate surface area is 171 Å². The molecule has 30 heavy (non-hydrogen) atoms. The van der Waals surface area contributed by atoms with Crippen LogP contribution in [0.3, 0.4) is 0 Å². The number of carbonyl (C=O) groups is 1. The number of piperazine rings is 1. The zero-order chi connectivity index (χ0) is 21.7. The van der Waals surface area contributed by atoms with E-state index >= 15 is 0 Å². The van der Waals surface area contributed by atoms with E-state index in [1.165, 1.54) is 0 Å². The Hall–Kier alpha value is -3.11. The second-order valence-electron chi connectivity index (χ2n) is 7.07. The number of pyridine rings is 1. The number of alkyl halides is 3. The molecule has 0 spiro atoms. The minimum atomic E-state index is -4.46. The molecule has 0 saturated carbocycles. The van der Waals surface area contributed by atoms with Gasteiger partial charge in [0, 0.05) is 63.3 Å². The van der Waals surface area contributed by atoms with Gasteiger partial charge in [0.25, 0.3) is 5.56 Å². The third kappa shape index (κ3) is 5.49. The zero-order valence-corrected chi connectivity index (χ0v) is 16.5. The number of hydrogen-bond acceptors (Lipinski definition) is 6. The van der Waals surface area contributed by atoms with Crippen molar-refractivity contribution in [3.63, 3.8) is 0 Å². The van der Waals surface area contributed by atoms with Crippen LogP contribution in [-0.2, 0) is 11.0 Å².